The number of hydrogen-bond acceptors (Lipinski definition) is 8. The summed E-state index contributed by atoms with van der Waals surface area (Å²) in [6.07, 6.45) is -5.33. The van der Waals surface area contributed by atoms with E-state index >= 15 is 0 Å². The van der Waals surface area contributed by atoms with Crippen molar-refractivity contribution in [1.29, 1.82) is 0 Å². The number of fused-ring (bicyclic) bond motifs is 1. The molecule has 0 bridgehead atoms. The molecule has 14 heteroatoms. The van der Waals surface area contributed by atoms with Gasteiger partial charge < -0.3 is 24.6 Å². The van der Waals surface area contributed by atoms with E-state index in [1.54, 1.807) is 19.1 Å². The third-order valence-corrected chi connectivity index (χ3v) is 5.71. The molecule has 0 saturated heterocycles. The van der Waals surface area contributed by atoms with Crippen LogP contribution in [-0.2, 0) is 6.54 Å². The van der Waals surface area contributed by atoms with Crippen LogP contribution in [0.4, 0.5) is 19.0 Å². The first-order chi connectivity index (χ1) is 17.4. The minimum absolute atomic E-state index is 0.00645. The second-order valence-corrected chi connectivity index (χ2v) is 8.78. The number of rotatable bonds is 8. The summed E-state index contributed by atoms with van der Waals surface area (Å²) in [5.41, 5.74) is 0.550. The highest BCUT2D eigenvalue weighted by Gasteiger charge is 2.40. The van der Waals surface area contributed by atoms with Crippen LogP contribution in [-0.4, -0.2) is 68.0 Å². The zero-order valence-corrected chi connectivity index (χ0v) is 20.4. The highest BCUT2D eigenvalue weighted by atomic mass is 35.5. The molecule has 2 aromatic heterocycles. The maximum atomic E-state index is 13.5. The van der Waals surface area contributed by atoms with Crippen molar-refractivity contribution in [3.63, 3.8) is 0 Å². The molecule has 2 atom stereocenters. The van der Waals surface area contributed by atoms with Crippen LogP contribution in [0.2, 0.25) is 5.02 Å². The van der Waals surface area contributed by atoms with E-state index in [1.807, 2.05) is 0 Å². The normalized spacial score (nSPS) is 16.5. The predicted octanol–water partition coefficient (Wildman–Crippen LogP) is 3.61. The number of aromatic nitrogens is 3. The first-order valence-corrected chi connectivity index (χ1v) is 11.5. The molecule has 0 saturated carbocycles. The van der Waals surface area contributed by atoms with E-state index < -0.39 is 30.5 Å². The molecule has 1 aromatic carbocycles. The van der Waals surface area contributed by atoms with Crippen molar-refractivity contribution >= 4 is 23.3 Å². The lowest BCUT2D eigenvalue weighted by molar-refractivity contribution is -0.274. The Morgan fingerprint density at radius 1 is 1.22 bits per heavy atom. The molecule has 0 fully saturated rings. The number of aliphatic hydroxyl groups is 2. The molecule has 1 amide bonds. The first kappa shape index (κ1) is 26.5. The number of anilines is 1. The first-order valence-electron chi connectivity index (χ1n) is 11.1. The van der Waals surface area contributed by atoms with Gasteiger partial charge in [-0.1, -0.05) is 17.7 Å². The monoisotopic (exact) mass is 541 g/mol. The summed E-state index contributed by atoms with van der Waals surface area (Å²) in [5, 5.41) is 20.8. The van der Waals surface area contributed by atoms with E-state index in [1.165, 1.54) is 39.7 Å². The van der Waals surface area contributed by atoms with Crippen molar-refractivity contribution in [2.75, 3.05) is 18.5 Å². The standard InChI is InChI=1S/C23H23ClF3N5O5/c1-13(33)8-9-31-20(34)18-19(30(2)22(31)35)29-21(32(18)12-15-7-6-14(24)11-28-15)36-16-4-3-5-17(10-16)37-23(25,26)27/h3-7,10-11,13,22,33,35H,8-9,12H2,1-2H3. The summed E-state index contributed by atoms with van der Waals surface area (Å²) >= 11 is 5.93. The van der Waals surface area contributed by atoms with Gasteiger partial charge in [0.2, 0.25) is 6.35 Å². The Labute approximate surface area is 214 Å². The molecular weight excluding hydrogens is 519 g/mol. The molecule has 2 N–H and O–H groups in total. The van der Waals surface area contributed by atoms with Gasteiger partial charge in [-0.3, -0.25) is 19.2 Å². The average molecular weight is 542 g/mol. The summed E-state index contributed by atoms with van der Waals surface area (Å²) in [6.45, 7) is 1.61. The van der Waals surface area contributed by atoms with Crippen molar-refractivity contribution in [2.24, 2.45) is 0 Å². The van der Waals surface area contributed by atoms with Crippen LogP contribution in [0.15, 0.2) is 42.6 Å². The molecule has 0 radical (unpaired) electrons. The molecule has 37 heavy (non-hydrogen) atoms. The van der Waals surface area contributed by atoms with Crippen molar-refractivity contribution in [3.05, 3.63) is 59.0 Å². The lowest BCUT2D eigenvalue weighted by atomic mass is 10.2. The number of ether oxygens (including phenoxy) is 2. The van der Waals surface area contributed by atoms with Gasteiger partial charge in [-0.25, -0.2) is 0 Å². The maximum absolute atomic E-state index is 13.5. The summed E-state index contributed by atoms with van der Waals surface area (Å²) in [6, 6.07) is 7.96. The molecule has 3 aromatic rings. The molecule has 10 nitrogen and oxygen atoms in total. The van der Waals surface area contributed by atoms with E-state index in [0.29, 0.717) is 10.7 Å². The second-order valence-electron chi connectivity index (χ2n) is 8.34. The fourth-order valence-electron chi connectivity index (χ4n) is 3.71. The van der Waals surface area contributed by atoms with Crippen LogP contribution in [0.25, 0.3) is 0 Å². The SMILES string of the molecule is CC(O)CCN1C(=O)c2c(nc(Oc3cccc(OC(F)(F)F)c3)n2Cc2ccc(Cl)cn2)N(C)C1O. The summed E-state index contributed by atoms with van der Waals surface area (Å²) in [4.78, 5) is 24.6. The van der Waals surface area contributed by atoms with Gasteiger partial charge in [0.05, 0.1) is 23.4 Å². The topological polar surface area (TPSA) is 113 Å². The van der Waals surface area contributed by atoms with Crippen LogP contribution < -0.4 is 14.4 Å². The van der Waals surface area contributed by atoms with Crippen molar-refractivity contribution < 1.29 is 37.7 Å². The summed E-state index contributed by atoms with van der Waals surface area (Å²) < 4.78 is 49.2. The smallest absolute Gasteiger partial charge is 0.425 e. The number of carbonyl (C=O) groups excluding carboxylic acids is 1. The summed E-state index contributed by atoms with van der Waals surface area (Å²) in [5.74, 6) is -1.01. The van der Waals surface area contributed by atoms with Crippen molar-refractivity contribution in [2.45, 2.75) is 38.7 Å². The van der Waals surface area contributed by atoms with Gasteiger partial charge in [0.1, 0.15) is 11.5 Å². The lowest BCUT2D eigenvalue weighted by Gasteiger charge is -2.38. The Kier molecular flexibility index (Phi) is 7.48. The van der Waals surface area contributed by atoms with Gasteiger partial charge in [0.15, 0.2) is 11.5 Å². The number of carbonyl (C=O) groups is 1. The Bertz CT molecular complexity index is 1270. The van der Waals surface area contributed by atoms with Gasteiger partial charge in [0.25, 0.3) is 5.91 Å². The average Bonchev–Trinajstić information content (AvgIpc) is 3.16. The van der Waals surface area contributed by atoms with Crippen LogP contribution in [0.5, 0.6) is 17.5 Å². The third kappa shape index (κ3) is 6.06. The Balaban J connectivity index is 1.76. The lowest BCUT2D eigenvalue weighted by Crippen LogP contribution is -2.55. The molecule has 198 valence electrons. The second kappa shape index (κ2) is 10.4. The van der Waals surface area contributed by atoms with Crippen LogP contribution in [0.3, 0.4) is 0 Å². The van der Waals surface area contributed by atoms with E-state index in [0.717, 1.165) is 12.1 Å². The number of imidazole rings is 1. The highest BCUT2D eigenvalue weighted by Crippen LogP contribution is 2.36. The maximum Gasteiger partial charge on any atom is 0.573 e. The largest absolute Gasteiger partial charge is 0.573 e. The number of amides is 1. The molecule has 0 aliphatic carbocycles. The fourth-order valence-corrected chi connectivity index (χ4v) is 3.82. The van der Waals surface area contributed by atoms with Gasteiger partial charge in [-0.05, 0) is 37.6 Å². The quantitative estimate of drug-likeness (QED) is 0.445. The van der Waals surface area contributed by atoms with E-state index in [4.69, 9.17) is 16.3 Å². The minimum Gasteiger partial charge on any atom is -0.425 e. The third-order valence-electron chi connectivity index (χ3n) is 5.48. The molecule has 3 heterocycles. The van der Waals surface area contributed by atoms with E-state index in [2.05, 4.69) is 14.7 Å². The van der Waals surface area contributed by atoms with Crippen molar-refractivity contribution in [1.82, 2.24) is 19.4 Å². The Morgan fingerprint density at radius 3 is 2.59 bits per heavy atom. The Hall–Kier alpha value is -3.55. The molecule has 1 aliphatic rings. The molecular formula is C23H23ClF3N5O5. The number of benzene rings is 1. The van der Waals surface area contributed by atoms with Crippen molar-refractivity contribution in [3.8, 4) is 17.5 Å². The van der Waals surface area contributed by atoms with Crippen LogP contribution in [0.1, 0.15) is 29.5 Å². The van der Waals surface area contributed by atoms with Crippen LogP contribution >= 0.6 is 11.6 Å². The Morgan fingerprint density at radius 2 is 1.95 bits per heavy atom. The molecule has 1 aliphatic heterocycles. The van der Waals surface area contributed by atoms with E-state index in [-0.39, 0.29) is 42.8 Å². The number of aliphatic hydroxyl groups excluding tert-OH is 2. The number of nitrogens with zero attached hydrogens (tertiary/aromatic N) is 5. The fraction of sp³-hybridized carbons (Fsp3) is 0.348. The predicted molar refractivity (Wildman–Crippen MR) is 126 cm³/mol. The van der Waals surface area contributed by atoms with Gasteiger partial charge in [0, 0.05) is 25.9 Å². The van der Waals surface area contributed by atoms with E-state index in [9.17, 15) is 28.2 Å². The van der Waals surface area contributed by atoms with Gasteiger partial charge in [-0.15, -0.1) is 13.2 Å². The number of pyridine rings is 1. The number of hydrogen-bond donors (Lipinski definition) is 2. The molecule has 2 unspecified atom stereocenters. The number of alkyl halides is 3. The minimum atomic E-state index is -4.89. The zero-order valence-electron chi connectivity index (χ0n) is 19.7. The van der Waals surface area contributed by atoms with Gasteiger partial charge >= 0.3 is 12.4 Å². The number of halogens is 4. The molecule has 4 rings (SSSR count). The van der Waals surface area contributed by atoms with Crippen LogP contribution in [0, 0.1) is 0 Å². The highest BCUT2D eigenvalue weighted by molar-refractivity contribution is 6.30. The zero-order chi connectivity index (χ0) is 26.9. The molecule has 0 spiro atoms. The van der Waals surface area contributed by atoms with Gasteiger partial charge in [-0.2, -0.15) is 4.98 Å². The summed E-state index contributed by atoms with van der Waals surface area (Å²) in [7, 11) is 1.52.